The SMILES string of the molecule is CCNc1nc(C)cc(C(F)(F)F)c1C#N.CN(C=O)c1nc2ccccc2s1. The van der Waals surface area contributed by atoms with Gasteiger partial charge in [0.15, 0.2) is 5.13 Å². The molecule has 0 radical (unpaired) electrons. The highest BCUT2D eigenvalue weighted by atomic mass is 32.1. The van der Waals surface area contributed by atoms with Crippen LogP contribution in [-0.2, 0) is 11.0 Å². The first kappa shape index (κ1) is 22.1. The second kappa shape index (κ2) is 9.34. The van der Waals surface area contributed by atoms with E-state index in [4.69, 9.17) is 5.26 Å². The molecule has 0 aliphatic carbocycles. The van der Waals surface area contributed by atoms with Gasteiger partial charge in [-0.15, -0.1) is 0 Å². The summed E-state index contributed by atoms with van der Waals surface area (Å²) >= 11 is 1.51. The van der Waals surface area contributed by atoms with Gasteiger partial charge in [0.05, 0.1) is 15.8 Å². The molecule has 1 aromatic carbocycles. The normalized spacial score (nSPS) is 10.7. The molecule has 6 nitrogen and oxygen atoms in total. The Bertz CT molecular complexity index is 1010. The van der Waals surface area contributed by atoms with E-state index >= 15 is 0 Å². The fourth-order valence-electron chi connectivity index (χ4n) is 2.36. The average Bonchev–Trinajstić information content (AvgIpc) is 3.11. The molecule has 0 atom stereocenters. The molecule has 0 aliphatic heterocycles. The maximum Gasteiger partial charge on any atom is 0.417 e. The van der Waals surface area contributed by atoms with Crippen LogP contribution in [0, 0.1) is 18.3 Å². The number of hydrogen-bond acceptors (Lipinski definition) is 6. The number of nitriles is 1. The predicted molar refractivity (Wildman–Crippen MR) is 107 cm³/mol. The molecule has 1 amide bonds. The monoisotopic (exact) mass is 421 g/mol. The van der Waals surface area contributed by atoms with E-state index in [0.717, 1.165) is 27.8 Å². The third-order valence-electron chi connectivity index (χ3n) is 3.65. The highest BCUT2D eigenvalue weighted by molar-refractivity contribution is 7.22. The third-order valence-corrected chi connectivity index (χ3v) is 4.78. The molecule has 0 saturated heterocycles. The molecule has 0 saturated carbocycles. The summed E-state index contributed by atoms with van der Waals surface area (Å²) in [7, 11) is 1.70. The number of rotatable bonds is 4. The van der Waals surface area contributed by atoms with Gasteiger partial charge in [0.1, 0.15) is 17.5 Å². The molecule has 3 rings (SSSR count). The maximum absolute atomic E-state index is 12.6. The van der Waals surface area contributed by atoms with Crippen LogP contribution < -0.4 is 10.2 Å². The standard InChI is InChI=1S/C10H10F3N3.C9H8N2OS/c1-3-15-9-7(5-14)8(10(11,12)13)4-6(2)16-9;1-11(6-12)9-10-7-4-2-3-5-8(7)13-9/h4H,3H2,1-2H3,(H,15,16);2-6H,1H3. The van der Waals surface area contributed by atoms with Gasteiger partial charge in [-0.2, -0.15) is 18.4 Å². The van der Waals surface area contributed by atoms with E-state index in [2.05, 4.69) is 15.3 Å². The second-order valence-electron chi connectivity index (χ2n) is 5.86. The van der Waals surface area contributed by atoms with Crippen molar-refractivity contribution in [1.82, 2.24) is 9.97 Å². The lowest BCUT2D eigenvalue weighted by Crippen LogP contribution is -2.13. The van der Waals surface area contributed by atoms with Crippen molar-refractivity contribution in [2.24, 2.45) is 0 Å². The zero-order valence-corrected chi connectivity index (χ0v) is 16.7. The molecule has 2 aromatic heterocycles. The molecular formula is C19H18F3N5OS. The molecule has 29 heavy (non-hydrogen) atoms. The number of alkyl halides is 3. The number of fused-ring (bicyclic) bond motifs is 1. The Labute approximate surface area is 169 Å². The van der Waals surface area contributed by atoms with Crippen LogP contribution in [0.25, 0.3) is 10.2 Å². The molecule has 0 unspecified atom stereocenters. The summed E-state index contributed by atoms with van der Waals surface area (Å²) in [6.45, 7) is 3.58. The Hall–Kier alpha value is -3.19. The molecule has 0 fully saturated rings. The van der Waals surface area contributed by atoms with Crippen molar-refractivity contribution in [3.05, 3.63) is 47.2 Å². The van der Waals surface area contributed by atoms with E-state index in [1.807, 2.05) is 24.3 Å². The van der Waals surface area contributed by atoms with Gasteiger partial charge >= 0.3 is 6.18 Å². The number of para-hydroxylation sites is 1. The van der Waals surface area contributed by atoms with Crippen LogP contribution in [0.5, 0.6) is 0 Å². The summed E-state index contributed by atoms with van der Waals surface area (Å²) in [6, 6.07) is 10.2. The zero-order chi connectivity index (χ0) is 21.6. The summed E-state index contributed by atoms with van der Waals surface area (Å²) in [5.41, 5.74) is -0.239. The van der Waals surface area contributed by atoms with E-state index in [-0.39, 0.29) is 11.5 Å². The van der Waals surface area contributed by atoms with Crippen molar-refractivity contribution in [1.29, 1.82) is 5.26 Å². The largest absolute Gasteiger partial charge is 0.417 e. The molecule has 152 valence electrons. The third kappa shape index (κ3) is 5.42. The van der Waals surface area contributed by atoms with Gasteiger partial charge in [-0.3, -0.25) is 9.69 Å². The van der Waals surface area contributed by atoms with Crippen LogP contribution in [0.2, 0.25) is 0 Å². The molecule has 2 heterocycles. The van der Waals surface area contributed by atoms with E-state index in [0.29, 0.717) is 6.54 Å². The number of amides is 1. The van der Waals surface area contributed by atoms with Crippen molar-refractivity contribution in [2.45, 2.75) is 20.0 Å². The van der Waals surface area contributed by atoms with Crippen LogP contribution in [-0.4, -0.2) is 30.0 Å². The van der Waals surface area contributed by atoms with Gasteiger partial charge in [0.25, 0.3) is 0 Å². The quantitative estimate of drug-likeness (QED) is 0.623. The summed E-state index contributed by atoms with van der Waals surface area (Å²) in [5, 5.41) is 12.1. The Balaban J connectivity index is 0.000000211. The first-order chi connectivity index (χ1) is 13.7. The minimum Gasteiger partial charge on any atom is -0.369 e. The number of aromatic nitrogens is 2. The number of carbonyl (C=O) groups is 1. The van der Waals surface area contributed by atoms with Gasteiger partial charge in [-0.25, -0.2) is 9.97 Å². The molecule has 0 bridgehead atoms. The Kier molecular flexibility index (Phi) is 7.12. The molecule has 10 heteroatoms. The van der Waals surface area contributed by atoms with Gasteiger partial charge < -0.3 is 5.32 Å². The van der Waals surface area contributed by atoms with Crippen LogP contribution >= 0.6 is 11.3 Å². The lowest BCUT2D eigenvalue weighted by atomic mass is 10.1. The van der Waals surface area contributed by atoms with E-state index in [1.165, 1.54) is 29.2 Å². The number of benzene rings is 1. The van der Waals surface area contributed by atoms with Gasteiger partial charge in [0, 0.05) is 19.3 Å². The summed E-state index contributed by atoms with van der Waals surface area (Å²) < 4.78 is 39.0. The molecule has 0 spiro atoms. The fourth-order valence-corrected chi connectivity index (χ4v) is 3.25. The van der Waals surface area contributed by atoms with Crippen molar-refractivity contribution < 1.29 is 18.0 Å². The minimum absolute atomic E-state index is 0.0164. The fraction of sp³-hybridized carbons (Fsp3) is 0.263. The highest BCUT2D eigenvalue weighted by Crippen LogP contribution is 2.34. The average molecular weight is 421 g/mol. The van der Waals surface area contributed by atoms with E-state index in [1.54, 1.807) is 14.0 Å². The van der Waals surface area contributed by atoms with E-state index in [9.17, 15) is 18.0 Å². The van der Waals surface area contributed by atoms with Gasteiger partial charge in [-0.05, 0) is 32.0 Å². The van der Waals surface area contributed by atoms with Crippen molar-refractivity contribution in [3.63, 3.8) is 0 Å². The highest BCUT2D eigenvalue weighted by Gasteiger charge is 2.35. The minimum atomic E-state index is -4.54. The number of pyridine rings is 1. The maximum atomic E-state index is 12.6. The number of anilines is 2. The first-order valence-electron chi connectivity index (χ1n) is 8.47. The van der Waals surface area contributed by atoms with Crippen LogP contribution in [0.1, 0.15) is 23.7 Å². The number of hydrogen-bond donors (Lipinski definition) is 1. The lowest BCUT2D eigenvalue weighted by Gasteiger charge is -2.13. The number of thiazole rings is 1. The predicted octanol–water partition coefficient (Wildman–Crippen LogP) is 4.60. The number of nitrogens with one attached hydrogen (secondary N) is 1. The number of halogens is 3. The topological polar surface area (TPSA) is 81.9 Å². The zero-order valence-electron chi connectivity index (χ0n) is 15.9. The van der Waals surface area contributed by atoms with E-state index < -0.39 is 17.3 Å². The Morgan fingerprint density at radius 1 is 1.31 bits per heavy atom. The van der Waals surface area contributed by atoms with Crippen molar-refractivity contribution in [2.75, 3.05) is 23.8 Å². The van der Waals surface area contributed by atoms with Gasteiger partial charge in [0.2, 0.25) is 6.41 Å². The van der Waals surface area contributed by atoms with Crippen LogP contribution in [0.15, 0.2) is 30.3 Å². The second-order valence-corrected chi connectivity index (χ2v) is 6.86. The summed E-state index contributed by atoms with van der Waals surface area (Å²) in [6.07, 6.45) is -3.78. The molecule has 1 N–H and O–H groups in total. The van der Waals surface area contributed by atoms with Crippen molar-refractivity contribution >= 4 is 38.9 Å². The number of aryl methyl sites for hydroxylation is 1. The smallest absolute Gasteiger partial charge is 0.369 e. The molecule has 0 aliphatic rings. The number of carbonyl (C=O) groups excluding carboxylic acids is 1. The van der Waals surface area contributed by atoms with Gasteiger partial charge in [-0.1, -0.05) is 23.5 Å². The van der Waals surface area contributed by atoms with Crippen LogP contribution in [0.3, 0.4) is 0 Å². The summed E-state index contributed by atoms with van der Waals surface area (Å²) in [5.74, 6) is -0.0164. The molecule has 3 aromatic rings. The molecular weight excluding hydrogens is 403 g/mol. The number of nitrogens with zero attached hydrogens (tertiary/aromatic N) is 4. The lowest BCUT2D eigenvalue weighted by molar-refractivity contribution is -0.137. The Morgan fingerprint density at radius 2 is 2.00 bits per heavy atom. The van der Waals surface area contributed by atoms with Crippen molar-refractivity contribution in [3.8, 4) is 6.07 Å². The summed E-state index contributed by atoms with van der Waals surface area (Å²) in [4.78, 5) is 20.1. The Morgan fingerprint density at radius 3 is 2.55 bits per heavy atom. The van der Waals surface area contributed by atoms with Crippen LogP contribution in [0.4, 0.5) is 24.1 Å². The first-order valence-corrected chi connectivity index (χ1v) is 9.29.